The van der Waals surface area contributed by atoms with Gasteiger partial charge in [0.2, 0.25) is 11.8 Å². The molecule has 1 aromatic rings. The predicted molar refractivity (Wildman–Crippen MR) is 112 cm³/mol. The van der Waals surface area contributed by atoms with Crippen LogP contribution in [0.1, 0.15) is 26.2 Å². The van der Waals surface area contributed by atoms with Gasteiger partial charge in [0.15, 0.2) is 0 Å². The number of amides is 2. The van der Waals surface area contributed by atoms with E-state index in [1.54, 1.807) is 6.20 Å². The van der Waals surface area contributed by atoms with Crippen LogP contribution in [0.25, 0.3) is 0 Å². The van der Waals surface area contributed by atoms with Gasteiger partial charge in [0.05, 0.1) is 18.4 Å². The van der Waals surface area contributed by atoms with Crippen molar-refractivity contribution in [2.75, 3.05) is 42.9 Å². The van der Waals surface area contributed by atoms with Gasteiger partial charge in [-0.3, -0.25) is 9.59 Å². The third-order valence-electron chi connectivity index (χ3n) is 5.04. The summed E-state index contributed by atoms with van der Waals surface area (Å²) in [7, 11) is 0. The van der Waals surface area contributed by atoms with Crippen molar-refractivity contribution in [2.24, 2.45) is 11.8 Å². The van der Waals surface area contributed by atoms with E-state index in [2.05, 4.69) is 27.9 Å². The lowest BCUT2D eigenvalue weighted by atomic mass is 9.85. The molecule has 2 aliphatic rings. The molecule has 2 aliphatic heterocycles. The Morgan fingerprint density at radius 1 is 1.37 bits per heavy atom. The quantitative estimate of drug-likeness (QED) is 0.679. The Labute approximate surface area is 172 Å². The number of nitrogens with one attached hydrogen (secondary N) is 3. The lowest BCUT2D eigenvalue weighted by molar-refractivity contribution is -0.120. The lowest BCUT2D eigenvalue weighted by Gasteiger charge is -2.28. The molecule has 0 aliphatic carbocycles. The molecule has 7 nitrogen and oxygen atoms in total. The Balaban J connectivity index is 0.00000182. The molecule has 3 heterocycles. The molecule has 2 saturated heterocycles. The molecule has 2 unspecified atom stereocenters. The molecular formula is C18H29Cl2N5O2. The van der Waals surface area contributed by atoms with Crippen LogP contribution in [-0.4, -0.2) is 49.5 Å². The monoisotopic (exact) mass is 417 g/mol. The summed E-state index contributed by atoms with van der Waals surface area (Å²) in [6, 6.07) is 3.70. The standard InChI is InChI=1S/C18H27N5O2.2ClH/c1-13(14-3-2-6-19-10-14)9-17(24)22-15-4-5-16(21-11-15)23-8-7-20-18(25)12-23;;/h4-5,11,13-14,19H,2-3,6-10,12H2,1H3,(H,20,25)(H,22,24);2*1H. The second kappa shape index (κ2) is 11.3. The fourth-order valence-electron chi connectivity index (χ4n) is 3.52. The van der Waals surface area contributed by atoms with Crippen LogP contribution in [0.5, 0.6) is 0 Å². The molecule has 1 aromatic heterocycles. The van der Waals surface area contributed by atoms with E-state index in [0.717, 1.165) is 25.5 Å². The zero-order valence-electron chi connectivity index (χ0n) is 15.6. The average molecular weight is 418 g/mol. The van der Waals surface area contributed by atoms with E-state index in [1.165, 1.54) is 12.8 Å². The van der Waals surface area contributed by atoms with Crippen molar-refractivity contribution < 1.29 is 9.59 Å². The minimum Gasteiger partial charge on any atom is -0.353 e. The Hall–Kier alpha value is -1.57. The molecular weight excluding hydrogens is 389 g/mol. The van der Waals surface area contributed by atoms with Crippen molar-refractivity contribution in [3.8, 4) is 0 Å². The Morgan fingerprint density at radius 2 is 2.19 bits per heavy atom. The smallest absolute Gasteiger partial charge is 0.239 e. The van der Waals surface area contributed by atoms with Crippen molar-refractivity contribution in [1.29, 1.82) is 0 Å². The van der Waals surface area contributed by atoms with E-state index in [0.29, 0.717) is 37.0 Å². The van der Waals surface area contributed by atoms with Gasteiger partial charge in [0.1, 0.15) is 5.82 Å². The number of rotatable bonds is 5. The van der Waals surface area contributed by atoms with Crippen LogP contribution in [0.15, 0.2) is 18.3 Å². The maximum atomic E-state index is 12.3. The van der Waals surface area contributed by atoms with Crippen molar-refractivity contribution in [3.05, 3.63) is 18.3 Å². The molecule has 0 spiro atoms. The maximum absolute atomic E-state index is 12.3. The maximum Gasteiger partial charge on any atom is 0.239 e. The zero-order chi connectivity index (χ0) is 17.6. The van der Waals surface area contributed by atoms with Crippen molar-refractivity contribution in [1.82, 2.24) is 15.6 Å². The van der Waals surface area contributed by atoms with Crippen molar-refractivity contribution in [3.63, 3.8) is 0 Å². The number of piperazine rings is 1. The average Bonchev–Trinajstić information content (AvgIpc) is 2.63. The number of pyridine rings is 1. The molecule has 0 bridgehead atoms. The molecule has 0 radical (unpaired) electrons. The van der Waals surface area contributed by atoms with Gasteiger partial charge in [-0.25, -0.2) is 4.98 Å². The van der Waals surface area contributed by atoms with Gasteiger partial charge in [0, 0.05) is 19.5 Å². The zero-order valence-corrected chi connectivity index (χ0v) is 17.2. The van der Waals surface area contributed by atoms with Gasteiger partial charge in [-0.2, -0.15) is 0 Å². The highest BCUT2D eigenvalue weighted by Gasteiger charge is 2.22. The number of halogens is 2. The summed E-state index contributed by atoms with van der Waals surface area (Å²) >= 11 is 0. The second-order valence-electron chi connectivity index (χ2n) is 7.01. The molecule has 2 atom stereocenters. The minimum absolute atomic E-state index is 0. The highest BCUT2D eigenvalue weighted by atomic mass is 35.5. The van der Waals surface area contributed by atoms with E-state index in [4.69, 9.17) is 0 Å². The predicted octanol–water partition coefficient (Wildman–Crippen LogP) is 1.83. The highest BCUT2D eigenvalue weighted by molar-refractivity contribution is 5.90. The molecule has 152 valence electrons. The van der Waals surface area contributed by atoms with Crippen molar-refractivity contribution in [2.45, 2.75) is 26.2 Å². The van der Waals surface area contributed by atoms with Gasteiger partial charge in [-0.1, -0.05) is 6.92 Å². The molecule has 3 N–H and O–H groups in total. The first-order valence-corrected chi connectivity index (χ1v) is 9.10. The number of hydrogen-bond acceptors (Lipinski definition) is 5. The molecule has 2 fully saturated rings. The van der Waals surface area contributed by atoms with Gasteiger partial charge in [-0.05, 0) is 49.9 Å². The first-order valence-electron chi connectivity index (χ1n) is 9.10. The summed E-state index contributed by atoms with van der Waals surface area (Å²) in [6.45, 7) is 5.95. The third kappa shape index (κ3) is 6.83. The number of hydrogen-bond donors (Lipinski definition) is 3. The Kier molecular flexibility index (Phi) is 9.83. The van der Waals surface area contributed by atoms with E-state index in [-0.39, 0.29) is 36.6 Å². The number of nitrogens with zero attached hydrogens (tertiary/aromatic N) is 2. The summed E-state index contributed by atoms with van der Waals surface area (Å²) in [6.07, 6.45) is 4.57. The summed E-state index contributed by atoms with van der Waals surface area (Å²) in [4.78, 5) is 30.0. The minimum atomic E-state index is 0. The van der Waals surface area contributed by atoms with Crippen LogP contribution in [-0.2, 0) is 9.59 Å². The van der Waals surface area contributed by atoms with E-state index in [9.17, 15) is 9.59 Å². The Morgan fingerprint density at radius 3 is 2.81 bits per heavy atom. The van der Waals surface area contributed by atoms with Crippen LogP contribution in [0, 0.1) is 11.8 Å². The number of carbonyl (C=O) groups is 2. The summed E-state index contributed by atoms with van der Waals surface area (Å²) in [5, 5.41) is 9.13. The highest BCUT2D eigenvalue weighted by Crippen LogP contribution is 2.23. The van der Waals surface area contributed by atoms with Gasteiger partial charge in [0.25, 0.3) is 0 Å². The first kappa shape index (κ1) is 23.5. The fraction of sp³-hybridized carbons (Fsp3) is 0.611. The van der Waals surface area contributed by atoms with Gasteiger partial charge < -0.3 is 20.9 Å². The van der Waals surface area contributed by atoms with Gasteiger partial charge in [-0.15, -0.1) is 24.8 Å². The normalized spacial score (nSPS) is 20.6. The number of anilines is 2. The van der Waals surface area contributed by atoms with E-state index >= 15 is 0 Å². The van der Waals surface area contributed by atoms with Crippen LogP contribution >= 0.6 is 24.8 Å². The number of piperidine rings is 1. The lowest BCUT2D eigenvalue weighted by Crippen LogP contribution is -2.48. The largest absolute Gasteiger partial charge is 0.353 e. The molecule has 27 heavy (non-hydrogen) atoms. The van der Waals surface area contributed by atoms with Crippen LogP contribution in [0.4, 0.5) is 11.5 Å². The first-order chi connectivity index (χ1) is 12.1. The summed E-state index contributed by atoms with van der Waals surface area (Å²) in [5.74, 6) is 1.74. The molecule has 2 amide bonds. The van der Waals surface area contributed by atoms with Crippen LogP contribution in [0.3, 0.4) is 0 Å². The van der Waals surface area contributed by atoms with Crippen LogP contribution < -0.4 is 20.9 Å². The van der Waals surface area contributed by atoms with E-state index in [1.807, 2.05) is 17.0 Å². The number of aromatic nitrogens is 1. The van der Waals surface area contributed by atoms with Crippen LogP contribution in [0.2, 0.25) is 0 Å². The third-order valence-corrected chi connectivity index (χ3v) is 5.04. The second-order valence-corrected chi connectivity index (χ2v) is 7.01. The van der Waals surface area contributed by atoms with Gasteiger partial charge >= 0.3 is 0 Å². The SMILES string of the molecule is CC(CC(=O)Nc1ccc(N2CCNC(=O)C2)nc1)C1CCCNC1.Cl.Cl. The topological polar surface area (TPSA) is 86.4 Å². The van der Waals surface area contributed by atoms with E-state index < -0.39 is 0 Å². The molecule has 9 heteroatoms. The molecule has 3 rings (SSSR count). The Bertz CT molecular complexity index is 608. The molecule has 0 aromatic carbocycles. The molecule has 0 saturated carbocycles. The summed E-state index contributed by atoms with van der Waals surface area (Å²) in [5.41, 5.74) is 0.698. The fourth-order valence-corrected chi connectivity index (χ4v) is 3.52. The summed E-state index contributed by atoms with van der Waals surface area (Å²) < 4.78 is 0. The number of carbonyl (C=O) groups excluding carboxylic acids is 2. The van der Waals surface area contributed by atoms with Crippen molar-refractivity contribution >= 4 is 48.1 Å².